The van der Waals surface area contributed by atoms with E-state index in [1.165, 1.54) is 0 Å². The van der Waals surface area contributed by atoms with Crippen LogP contribution in [0.25, 0.3) is 11.3 Å². The number of oxazole rings is 1. The topological polar surface area (TPSA) is 52.0 Å². The minimum absolute atomic E-state index is 0.323. The van der Waals surface area contributed by atoms with Gasteiger partial charge in [-0.1, -0.05) is 18.2 Å². The molecule has 1 aromatic heterocycles. The second kappa shape index (κ2) is 4.16. The fourth-order valence-corrected chi connectivity index (χ4v) is 1.83. The third-order valence-electron chi connectivity index (χ3n) is 2.19. The highest BCUT2D eigenvalue weighted by Crippen LogP contribution is 2.30. The van der Waals surface area contributed by atoms with Gasteiger partial charge in [0.15, 0.2) is 5.76 Å². The number of aromatic nitrogens is 1. The molecule has 0 bridgehead atoms. The lowest BCUT2D eigenvalue weighted by Gasteiger charge is -2.02. The highest BCUT2D eigenvalue weighted by Gasteiger charge is 2.09. The quantitative estimate of drug-likeness (QED) is 0.910. The van der Waals surface area contributed by atoms with Crippen molar-refractivity contribution in [1.82, 2.24) is 4.98 Å². The van der Waals surface area contributed by atoms with E-state index in [9.17, 15) is 0 Å². The Kier molecular flexibility index (Phi) is 2.88. The Balaban J connectivity index is 2.49. The van der Waals surface area contributed by atoms with E-state index in [0.29, 0.717) is 12.4 Å². The number of benzene rings is 1. The minimum atomic E-state index is 0.323. The predicted octanol–water partition coefficient (Wildman–Crippen LogP) is 2.87. The van der Waals surface area contributed by atoms with Crippen molar-refractivity contribution in [2.45, 2.75) is 13.5 Å². The molecule has 0 aliphatic carbocycles. The Morgan fingerprint density at radius 1 is 1.47 bits per heavy atom. The molecule has 2 N–H and O–H groups in total. The summed E-state index contributed by atoms with van der Waals surface area (Å²) in [6.45, 7) is 2.36. The van der Waals surface area contributed by atoms with Gasteiger partial charge in [0, 0.05) is 10.0 Å². The SMILES string of the molecule is Cc1cccc(-c2cnc(CN)o2)c1Br. The third-order valence-corrected chi connectivity index (χ3v) is 3.24. The van der Waals surface area contributed by atoms with E-state index >= 15 is 0 Å². The van der Waals surface area contributed by atoms with Crippen LogP contribution < -0.4 is 5.73 Å². The standard InChI is InChI=1S/C11H11BrN2O/c1-7-3-2-4-8(11(7)12)9-6-14-10(5-13)15-9/h2-4,6H,5,13H2,1H3. The molecule has 0 radical (unpaired) electrons. The first kappa shape index (κ1) is 10.4. The summed E-state index contributed by atoms with van der Waals surface area (Å²) < 4.78 is 6.52. The van der Waals surface area contributed by atoms with Crippen molar-refractivity contribution < 1.29 is 4.42 Å². The maximum Gasteiger partial charge on any atom is 0.208 e. The van der Waals surface area contributed by atoms with Gasteiger partial charge in [0.1, 0.15) is 0 Å². The molecule has 1 aromatic carbocycles. The maximum absolute atomic E-state index is 5.49. The van der Waals surface area contributed by atoms with E-state index in [4.69, 9.17) is 10.2 Å². The van der Waals surface area contributed by atoms with Crippen LogP contribution in [-0.4, -0.2) is 4.98 Å². The first-order valence-corrected chi connectivity index (χ1v) is 5.42. The lowest BCUT2D eigenvalue weighted by Crippen LogP contribution is -1.94. The summed E-state index contributed by atoms with van der Waals surface area (Å²) in [6, 6.07) is 6.01. The normalized spacial score (nSPS) is 10.6. The van der Waals surface area contributed by atoms with Crippen molar-refractivity contribution in [1.29, 1.82) is 0 Å². The van der Waals surface area contributed by atoms with Crippen molar-refractivity contribution in [3.8, 4) is 11.3 Å². The Hall–Kier alpha value is -1.13. The molecular formula is C11H11BrN2O. The van der Waals surface area contributed by atoms with Crippen LogP contribution in [0.1, 0.15) is 11.5 Å². The summed E-state index contributed by atoms with van der Waals surface area (Å²) in [5.74, 6) is 1.30. The van der Waals surface area contributed by atoms with Crippen LogP contribution >= 0.6 is 15.9 Å². The molecule has 0 aliphatic heterocycles. The summed E-state index contributed by atoms with van der Waals surface area (Å²) in [6.07, 6.45) is 1.70. The highest BCUT2D eigenvalue weighted by atomic mass is 79.9. The minimum Gasteiger partial charge on any atom is -0.439 e. The summed E-state index contributed by atoms with van der Waals surface area (Å²) >= 11 is 3.53. The van der Waals surface area contributed by atoms with Crippen LogP contribution in [0.3, 0.4) is 0 Å². The predicted molar refractivity (Wildman–Crippen MR) is 62.3 cm³/mol. The Morgan fingerprint density at radius 3 is 2.93 bits per heavy atom. The van der Waals surface area contributed by atoms with Crippen molar-refractivity contribution >= 4 is 15.9 Å². The van der Waals surface area contributed by atoms with Crippen LogP contribution in [0.2, 0.25) is 0 Å². The van der Waals surface area contributed by atoms with E-state index in [0.717, 1.165) is 21.4 Å². The molecule has 3 nitrogen and oxygen atoms in total. The number of nitrogens with zero attached hydrogens (tertiary/aromatic N) is 1. The zero-order valence-corrected chi connectivity index (χ0v) is 9.91. The molecule has 1 heterocycles. The van der Waals surface area contributed by atoms with Gasteiger partial charge in [0.05, 0.1) is 12.7 Å². The Morgan fingerprint density at radius 2 is 2.27 bits per heavy atom. The monoisotopic (exact) mass is 266 g/mol. The van der Waals surface area contributed by atoms with Gasteiger partial charge in [-0.15, -0.1) is 0 Å². The molecule has 0 saturated heterocycles. The average molecular weight is 267 g/mol. The van der Waals surface area contributed by atoms with Crippen LogP contribution in [0.15, 0.2) is 33.3 Å². The fourth-order valence-electron chi connectivity index (χ4n) is 1.37. The summed E-state index contributed by atoms with van der Waals surface area (Å²) in [4.78, 5) is 4.07. The molecule has 2 rings (SSSR count). The molecule has 0 amide bonds. The highest BCUT2D eigenvalue weighted by molar-refractivity contribution is 9.10. The molecule has 4 heteroatoms. The molecule has 0 spiro atoms. The van der Waals surface area contributed by atoms with E-state index in [-0.39, 0.29) is 0 Å². The summed E-state index contributed by atoms with van der Waals surface area (Å²) in [5, 5.41) is 0. The van der Waals surface area contributed by atoms with Crippen molar-refractivity contribution in [2.75, 3.05) is 0 Å². The first-order chi connectivity index (χ1) is 7.22. The maximum atomic E-state index is 5.49. The molecule has 0 fully saturated rings. The van der Waals surface area contributed by atoms with Gasteiger partial charge in [-0.2, -0.15) is 0 Å². The van der Waals surface area contributed by atoms with Crippen molar-refractivity contribution in [3.05, 3.63) is 40.3 Å². The van der Waals surface area contributed by atoms with E-state index in [2.05, 4.69) is 20.9 Å². The summed E-state index contributed by atoms with van der Waals surface area (Å²) in [5.41, 5.74) is 7.61. The third kappa shape index (κ3) is 1.96. The Labute approximate surface area is 96.4 Å². The molecule has 2 aromatic rings. The van der Waals surface area contributed by atoms with Crippen LogP contribution in [0, 0.1) is 6.92 Å². The molecule has 15 heavy (non-hydrogen) atoms. The number of rotatable bonds is 2. The van der Waals surface area contributed by atoms with Gasteiger partial charge in [-0.3, -0.25) is 0 Å². The smallest absolute Gasteiger partial charge is 0.208 e. The first-order valence-electron chi connectivity index (χ1n) is 4.62. The second-order valence-electron chi connectivity index (χ2n) is 3.26. The lowest BCUT2D eigenvalue weighted by atomic mass is 10.1. The van der Waals surface area contributed by atoms with E-state index < -0.39 is 0 Å². The number of halogens is 1. The summed E-state index contributed by atoms with van der Waals surface area (Å²) in [7, 11) is 0. The van der Waals surface area contributed by atoms with E-state index in [1.807, 2.05) is 25.1 Å². The largest absolute Gasteiger partial charge is 0.439 e. The molecule has 0 unspecified atom stereocenters. The zero-order valence-electron chi connectivity index (χ0n) is 8.33. The van der Waals surface area contributed by atoms with Gasteiger partial charge in [0.2, 0.25) is 5.89 Å². The van der Waals surface area contributed by atoms with Crippen LogP contribution in [0.4, 0.5) is 0 Å². The van der Waals surface area contributed by atoms with Gasteiger partial charge in [0.25, 0.3) is 0 Å². The molecule has 0 atom stereocenters. The average Bonchev–Trinajstić information content (AvgIpc) is 2.70. The number of aryl methyl sites for hydroxylation is 1. The second-order valence-corrected chi connectivity index (χ2v) is 4.05. The molecule has 78 valence electrons. The van der Waals surface area contributed by atoms with Crippen LogP contribution in [-0.2, 0) is 6.54 Å². The van der Waals surface area contributed by atoms with Gasteiger partial charge in [-0.05, 0) is 28.4 Å². The van der Waals surface area contributed by atoms with Gasteiger partial charge >= 0.3 is 0 Å². The van der Waals surface area contributed by atoms with Gasteiger partial charge in [-0.25, -0.2) is 4.98 Å². The van der Waals surface area contributed by atoms with Crippen LogP contribution in [0.5, 0.6) is 0 Å². The molecule has 0 saturated carbocycles. The van der Waals surface area contributed by atoms with Crippen molar-refractivity contribution in [2.24, 2.45) is 5.73 Å². The van der Waals surface area contributed by atoms with Crippen molar-refractivity contribution in [3.63, 3.8) is 0 Å². The molecular weight excluding hydrogens is 256 g/mol. The van der Waals surface area contributed by atoms with Gasteiger partial charge < -0.3 is 10.2 Å². The Bertz CT molecular complexity index is 479. The lowest BCUT2D eigenvalue weighted by molar-refractivity contribution is 0.509. The fraction of sp³-hybridized carbons (Fsp3) is 0.182. The number of hydrogen-bond acceptors (Lipinski definition) is 3. The number of hydrogen-bond donors (Lipinski definition) is 1. The van der Waals surface area contributed by atoms with E-state index in [1.54, 1.807) is 6.20 Å². The number of nitrogens with two attached hydrogens (primary N) is 1. The molecule has 0 aliphatic rings. The zero-order chi connectivity index (χ0) is 10.8.